The maximum Gasteiger partial charge on any atom is 0.416 e. The zero-order chi connectivity index (χ0) is 31.0. The second kappa shape index (κ2) is 12.3. The van der Waals surface area contributed by atoms with Crippen molar-refractivity contribution < 1.29 is 22.8 Å². The van der Waals surface area contributed by atoms with Crippen LogP contribution in [0.25, 0.3) is 21.6 Å². The number of anilines is 2. The Labute approximate surface area is 257 Å². The van der Waals surface area contributed by atoms with Gasteiger partial charge in [-0.15, -0.1) is 0 Å². The van der Waals surface area contributed by atoms with E-state index in [1.165, 1.54) is 11.3 Å². The van der Waals surface area contributed by atoms with Crippen molar-refractivity contribution in [1.29, 1.82) is 0 Å². The number of nitrogens with zero attached hydrogens (tertiary/aromatic N) is 4. The maximum absolute atomic E-state index is 13.8. The second-order valence-electron chi connectivity index (χ2n) is 11.4. The standard InChI is InChI=1S/C32H33F3N6O2S/c1-3-40-10-12-41(13-11-40)18-20-14-22(16-23(15-20)32(33,34)35)29(43)36-24-7-4-19(2)25(17-24)26-8-9-27-30(37-26)44-31(38-27)39-28(42)21-5-6-21/h4,7-9,14-17,21H,3,5-6,10-13,18H2,1-2H3,(H,36,43)(H,38,39,42). The molecule has 0 bridgehead atoms. The number of benzene rings is 2. The third kappa shape index (κ3) is 6.92. The van der Waals surface area contributed by atoms with Gasteiger partial charge in [-0.1, -0.05) is 24.3 Å². The fourth-order valence-electron chi connectivity index (χ4n) is 5.35. The molecule has 44 heavy (non-hydrogen) atoms. The van der Waals surface area contributed by atoms with Gasteiger partial charge < -0.3 is 15.5 Å². The molecular formula is C32H33F3N6O2S. The van der Waals surface area contributed by atoms with Gasteiger partial charge >= 0.3 is 6.18 Å². The first-order valence-electron chi connectivity index (χ1n) is 14.7. The van der Waals surface area contributed by atoms with E-state index in [2.05, 4.69) is 32.3 Å². The van der Waals surface area contributed by atoms with E-state index >= 15 is 0 Å². The first kappa shape index (κ1) is 30.2. The topological polar surface area (TPSA) is 90.5 Å². The van der Waals surface area contributed by atoms with Crippen molar-refractivity contribution in [3.8, 4) is 11.3 Å². The molecule has 1 aliphatic carbocycles. The summed E-state index contributed by atoms with van der Waals surface area (Å²) in [5, 5.41) is 6.15. The number of thiazole rings is 1. The van der Waals surface area contributed by atoms with Crippen molar-refractivity contribution >= 4 is 44.3 Å². The molecule has 4 aromatic rings. The van der Waals surface area contributed by atoms with E-state index in [1.807, 2.05) is 25.1 Å². The zero-order valence-electron chi connectivity index (χ0n) is 24.5. The van der Waals surface area contributed by atoms with Gasteiger partial charge in [0, 0.05) is 55.5 Å². The van der Waals surface area contributed by atoms with Crippen molar-refractivity contribution in [2.24, 2.45) is 5.92 Å². The number of nitrogens with one attached hydrogen (secondary N) is 2. The molecule has 2 amide bonds. The molecule has 2 aromatic heterocycles. The average Bonchev–Trinajstić information content (AvgIpc) is 3.78. The van der Waals surface area contributed by atoms with Gasteiger partial charge in [-0.3, -0.25) is 14.5 Å². The molecule has 0 spiro atoms. The summed E-state index contributed by atoms with van der Waals surface area (Å²) >= 11 is 1.29. The predicted molar refractivity (Wildman–Crippen MR) is 166 cm³/mol. The van der Waals surface area contributed by atoms with Gasteiger partial charge in [0.1, 0.15) is 10.3 Å². The molecule has 1 aliphatic heterocycles. The quantitative estimate of drug-likeness (QED) is 0.236. The van der Waals surface area contributed by atoms with Crippen molar-refractivity contribution in [2.75, 3.05) is 43.4 Å². The number of rotatable bonds is 8. The number of amides is 2. The van der Waals surface area contributed by atoms with E-state index in [-0.39, 0.29) is 17.4 Å². The van der Waals surface area contributed by atoms with Gasteiger partial charge in [0.15, 0.2) is 5.13 Å². The monoisotopic (exact) mass is 622 g/mol. The molecule has 6 rings (SSSR count). The number of hydrogen-bond acceptors (Lipinski definition) is 7. The first-order chi connectivity index (χ1) is 21.1. The molecule has 0 unspecified atom stereocenters. The molecule has 3 heterocycles. The van der Waals surface area contributed by atoms with E-state index in [1.54, 1.807) is 18.2 Å². The highest BCUT2D eigenvalue weighted by atomic mass is 32.1. The number of likely N-dealkylation sites (N-methyl/N-ethyl adjacent to an activating group) is 1. The van der Waals surface area contributed by atoms with Crippen LogP contribution in [0.3, 0.4) is 0 Å². The molecule has 8 nitrogen and oxygen atoms in total. The number of pyridine rings is 1. The number of piperazine rings is 1. The highest BCUT2D eigenvalue weighted by Gasteiger charge is 2.32. The van der Waals surface area contributed by atoms with Crippen molar-refractivity contribution in [3.63, 3.8) is 0 Å². The molecule has 1 saturated carbocycles. The van der Waals surface area contributed by atoms with Crippen molar-refractivity contribution in [3.05, 3.63) is 70.8 Å². The Morgan fingerprint density at radius 1 is 0.955 bits per heavy atom. The van der Waals surface area contributed by atoms with E-state index < -0.39 is 17.6 Å². The highest BCUT2D eigenvalue weighted by Crippen LogP contribution is 2.34. The SMILES string of the molecule is CCN1CCN(Cc2cc(C(=O)Nc3ccc(C)c(-c4ccc5nc(NC(=O)C6CC6)sc5n4)c3)cc(C(F)(F)F)c2)CC1. The minimum atomic E-state index is -4.58. The van der Waals surface area contributed by atoms with Crippen molar-refractivity contribution in [2.45, 2.75) is 39.4 Å². The lowest BCUT2D eigenvalue weighted by molar-refractivity contribution is -0.137. The number of carbonyl (C=O) groups excluding carboxylic acids is 2. The van der Waals surface area contributed by atoms with Crippen LogP contribution in [0.15, 0.2) is 48.5 Å². The molecular weight excluding hydrogens is 589 g/mol. The number of alkyl halides is 3. The van der Waals surface area contributed by atoms with E-state index in [0.717, 1.165) is 68.8 Å². The van der Waals surface area contributed by atoms with E-state index in [4.69, 9.17) is 4.98 Å². The molecule has 2 N–H and O–H groups in total. The average molecular weight is 623 g/mol. The Morgan fingerprint density at radius 3 is 2.41 bits per heavy atom. The molecule has 1 saturated heterocycles. The fourth-order valence-corrected chi connectivity index (χ4v) is 6.19. The Kier molecular flexibility index (Phi) is 8.40. The van der Waals surface area contributed by atoms with Crippen LogP contribution >= 0.6 is 11.3 Å². The van der Waals surface area contributed by atoms with Gasteiger partial charge in [0.25, 0.3) is 5.91 Å². The summed E-state index contributed by atoms with van der Waals surface area (Å²) in [7, 11) is 0. The second-order valence-corrected chi connectivity index (χ2v) is 12.4. The van der Waals surface area contributed by atoms with Crippen LogP contribution in [0.1, 0.15) is 46.8 Å². The lowest BCUT2D eigenvalue weighted by atomic mass is 10.0. The highest BCUT2D eigenvalue weighted by molar-refractivity contribution is 7.22. The van der Waals surface area contributed by atoms with E-state index in [0.29, 0.717) is 39.0 Å². The molecule has 0 radical (unpaired) electrons. The Hall–Kier alpha value is -3.87. The first-order valence-corrected chi connectivity index (χ1v) is 15.5. The maximum atomic E-state index is 13.8. The zero-order valence-corrected chi connectivity index (χ0v) is 25.3. The number of aryl methyl sites for hydroxylation is 1. The summed E-state index contributed by atoms with van der Waals surface area (Å²) in [6.45, 7) is 8.54. The molecule has 2 aromatic carbocycles. The molecule has 0 atom stereocenters. The van der Waals surface area contributed by atoms with Crippen molar-refractivity contribution in [1.82, 2.24) is 19.8 Å². The molecule has 12 heteroatoms. The van der Waals surface area contributed by atoms with Crippen LogP contribution < -0.4 is 10.6 Å². The normalized spacial score (nSPS) is 16.3. The molecule has 2 aliphatic rings. The predicted octanol–water partition coefficient (Wildman–Crippen LogP) is 6.42. The minimum Gasteiger partial charge on any atom is -0.322 e. The fraction of sp³-hybridized carbons (Fsp3) is 0.375. The summed E-state index contributed by atoms with van der Waals surface area (Å²) in [5.41, 5.74) is 2.99. The number of aromatic nitrogens is 2. The minimum absolute atomic E-state index is 0.0220. The van der Waals surface area contributed by atoms with Crippen LogP contribution in [0.5, 0.6) is 0 Å². The number of carbonyl (C=O) groups is 2. The van der Waals surface area contributed by atoms with Gasteiger partial charge in [0.05, 0.1) is 11.3 Å². The largest absolute Gasteiger partial charge is 0.416 e. The smallest absolute Gasteiger partial charge is 0.322 e. The Bertz CT molecular complexity index is 1710. The number of halogens is 3. The van der Waals surface area contributed by atoms with Crippen LogP contribution in [0, 0.1) is 12.8 Å². The summed E-state index contributed by atoms with van der Waals surface area (Å²) in [5.74, 6) is -0.577. The van der Waals surface area contributed by atoms with Gasteiger partial charge in [-0.25, -0.2) is 9.97 Å². The summed E-state index contributed by atoms with van der Waals surface area (Å²) in [6, 6.07) is 12.6. The van der Waals surface area contributed by atoms with Crippen LogP contribution in [0.4, 0.5) is 24.0 Å². The third-order valence-electron chi connectivity index (χ3n) is 8.11. The number of fused-ring (bicyclic) bond motifs is 1. The third-order valence-corrected chi connectivity index (χ3v) is 8.99. The van der Waals surface area contributed by atoms with Gasteiger partial charge in [-0.05, 0) is 79.9 Å². The van der Waals surface area contributed by atoms with Crippen LogP contribution in [0.2, 0.25) is 0 Å². The molecule has 230 valence electrons. The number of hydrogen-bond donors (Lipinski definition) is 2. The Balaban J connectivity index is 1.21. The van der Waals surface area contributed by atoms with Gasteiger partial charge in [-0.2, -0.15) is 13.2 Å². The summed E-state index contributed by atoms with van der Waals surface area (Å²) in [4.78, 5) is 39.8. The lowest BCUT2D eigenvalue weighted by Gasteiger charge is -2.34. The Morgan fingerprint density at radius 2 is 1.70 bits per heavy atom. The summed E-state index contributed by atoms with van der Waals surface area (Å²) in [6.07, 6.45) is -2.78. The molecule has 2 fully saturated rings. The lowest BCUT2D eigenvalue weighted by Crippen LogP contribution is -2.45. The van der Waals surface area contributed by atoms with Crippen LogP contribution in [-0.4, -0.2) is 64.3 Å². The summed E-state index contributed by atoms with van der Waals surface area (Å²) < 4.78 is 41.5. The van der Waals surface area contributed by atoms with E-state index in [9.17, 15) is 22.8 Å². The van der Waals surface area contributed by atoms with Crippen LogP contribution in [-0.2, 0) is 17.5 Å². The van der Waals surface area contributed by atoms with Gasteiger partial charge in [0.2, 0.25) is 5.91 Å².